The van der Waals surface area contributed by atoms with Gasteiger partial charge in [-0.1, -0.05) is 41.9 Å². The number of sulfonamides is 1. The molecule has 1 atom stereocenters. The van der Waals surface area contributed by atoms with Crippen molar-refractivity contribution in [2.24, 2.45) is 0 Å². The molecule has 1 aliphatic heterocycles. The summed E-state index contributed by atoms with van der Waals surface area (Å²) in [6.07, 6.45) is 3.34. The van der Waals surface area contributed by atoms with E-state index in [0.29, 0.717) is 18.7 Å². The van der Waals surface area contributed by atoms with E-state index >= 15 is 0 Å². The molecule has 1 saturated heterocycles. The van der Waals surface area contributed by atoms with Gasteiger partial charge in [-0.25, -0.2) is 8.42 Å². The zero-order valence-corrected chi connectivity index (χ0v) is 17.5. The molecule has 1 fully saturated rings. The monoisotopic (exact) mass is 420 g/mol. The smallest absolute Gasteiger partial charge is 0.251 e. The predicted molar refractivity (Wildman–Crippen MR) is 111 cm³/mol. The van der Waals surface area contributed by atoms with E-state index in [-0.39, 0.29) is 21.9 Å². The fourth-order valence-corrected chi connectivity index (χ4v) is 5.33. The van der Waals surface area contributed by atoms with Crippen molar-refractivity contribution in [2.75, 3.05) is 13.1 Å². The lowest BCUT2D eigenvalue weighted by Gasteiger charge is -2.18. The number of hydrogen-bond donors (Lipinski definition) is 1. The van der Waals surface area contributed by atoms with Gasteiger partial charge in [0, 0.05) is 24.7 Å². The topological polar surface area (TPSA) is 66.5 Å². The van der Waals surface area contributed by atoms with E-state index in [0.717, 1.165) is 25.7 Å². The molecule has 2 aromatic rings. The van der Waals surface area contributed by atoms with Crippen molar-refractivity contribution in [3.05, 3.63) is 64.7 Å². The minimum atomic E-state index is -3.68. The SMILES string of the molecule is C[C@H](CCc1ccccc1)NC(=O)c1ccc(Cl)c(S(=O)(=O)N2CCCC2)c1. The van der Waals surface area contributed by atoms with Gasteiger partial charge in [0.1, 0.15) is 4.90 Å². The van der Waals surface area contributed by atoms with Gasteiger partial charge in [-0.2, -0.15) is 4.31 Å². The summed E-state index contributed by atoms with van der Waals surface area (Å²) in [6.45, 7) is 2.93. The van der Waals surface area contributed by atoms with Crippen LogP contribution >= 0.6 is 11.6 Å². The molecular formula is C21H25ClN2O3S. The fraction of sp³-hybridized carbons (Fsp3) is 0.381. The summed E-state index contributed by atoms with van der Waals surface area (Å²) in [5.74, 6) is -0.296. The average Bonchev–Trinajstić information content (AvgIpc) is 3.23. The molecule has 0 aliphatic carbocycles. The minimum Gasteiger partial charge on any atom is -0.350 e. The molecule has 7 heteroatoms. The number of amides is 1. The molecule has 0 saturated carbocycles. The van der Waals surface area contributed by atoms with Crippen molar-refractivity contribution in [3.63, 3.8) is 0 Å². The number of carbonyl (C=O) groups is 1. The Morgan fingerprint density at radius 3 is 2.50 bits per heavy atom. The summed E-state index contributed by atoms with van der Waals surface area (Å²) in [4.78, 5) is 12.6. The van der Waals surface area contributed by atoms with Crippen LogP contribution in [0.15, 0.2) is 53.4 Å². The highest BCUT2D eigenvalue weighted by Crippen LogP contribution is 2.28. The Bertz CT molecular complexity index is 926. The number of rotatable bonds is 7. The summed E-state index contributed by atoms with van der Waals surface area (Å²) in [5, 5.41) is 3.08. The van der Waals surface area contributed by atoms with Gasteiger partial charge in [-0.3, -0.25) is 4.79 Å². The predicted octanol–water partition coefficient (Wildman–Crippen LogP) is 3.88. The molecular weight excluding hydrogens is 396 g/mol. The van der Waals surface area contributed by atoms with Crippen LogP contribution in [0.5, 0.6) is 0 Å². The molecule has 0 aromatic heterocycles. The third-order valence-corrected chi connectivity index (χ3v) is 7.34. The van der Waals surface area contributed by atoms with Crippen molar-refractivity contribution in [2.45, 2.75) is 43.5 Å². The molecule has 2 aromatic carbocycles. The number of benzene rings is 2. The van der Waals surface area contributed by atoms with Crippen LogP contribution < -0.4 is 5.32 Å². The Morgan fingerprint density at radius 1 is 1.14 bits per heavy atom. The largest absolute Gasteiger partial charge is 0.350 e. The number of carbonyl (C=O) groups excluding carboxylic acids is 1. The number of nitrogens with zero attached hydrogens (tertiary/aromatic N) is 1. The van der Waals surface area contributed by atoms with Gasteiger partial charge in [-0.15, -0.1) is 0 Å². The summed E-state index contributed by atoms with van der Waals surface area (Å²) >= 11 is 6.15. The van der Waals surface area contributed by atoms with Crippen LogP contribution in [0.1, 0.15) is 42.1 Å². The highest BCUT2D eigenvalue weighted by molar-refractivity contribution is 7.89. The van der Waals surface area contributed by atoms with Gasteiger partial charge in [0.25, 0.3) is 5.91 Å². The molecule has 1 aliphatic rings. The first-order valence-corrected chi connectivity index (χ1v) is 11.3. The number of hydrogen-bond acceptors (Lipinski definition) is 3. The number of aryl methyl sites for hydroxylation is 1. The van der Waals surface area contributed by atoms with Crippen molar-refractivity contribution in [1.82, 2.24) is 9.62 Å². The molecule has 1 N–H and O–H groups in total. The highest BCUT2D eigenvalue weighted by atomic mass is 35.5. The van der Waals surface area contributed by atoms with Crippen LogP contribution in [0.2, 0.25) is 5.02 Å². The van der Waals surface area contributed by atoms with Crippen molar-refractivity contribution < 1.29 is 13.2 Å². The van der Waals surface area contributed by atoms with Crippen molar-refractivity contribution >= 4 is 27.5 Å². The first-order valence-electron chi connectivity index (χ1n) is 9.52. The lowest BCUT2D eigenvalue weighted by atomic mass is 10.1. The van der Waals surface area contributed by atoms with Gasteiger partial charge in [0.2, 0.25) is 10.0 Å². The lowest BCUT2D eigenvalue weighted by Crippen LogP contribution is -2.33. The summed E-state index contributed by atoms with van der Waals surface area (Å²) < 4.78 is 27.1. The molecule has 28 heavy (non-hydrogen) atoms. The molecule has 3 rings (SSSR count). The number of nitrogens with one attached hydrogen (secondary N) is 1. The Morgan fingerprint density at radius 2 is 1.82 bits per heavy atom. The second-order valence-electron chi connectivity index (χ2n) is 7.16. The van der Waals surface area contributed by atoms with E-state index in [1.165, 1.54) is 22.0 Å². The molecule has 150 valence electrons. The standard InChI is InChI=1S/C21H25ClN2O3S/c1-16(9-10-17-7-3-2-4-8-17)23-21(25)18-11-12-19(22)20(15-18)28(26,27)24-13-5-6-14-24/h2-4,7-8,11-12,15-16H,5-6,9-10,13-14H2,1H3,(H,23,25)/t16-/m1/s1. The second kappa shape index (κ2) is 9.07. The Balaban J connectivity index is 1.68. The van der Waals surface area contributed by atoms with Crippen molar-refractivity contribution in [1.29, 1.82) is 0 Å². The quantitative estimate of drug-likeness (QED) is 0.739. The maximum absolute atomic E-state index is 12.8. The minimum absolute atomic E-state index is 0.000607. The van der Waals surface area contributed by atoms with Gasteiger partial charge in [0.15, 0.2) is 0 Å². The van der Waals surface area contributed by atoms with Gasteiger partial charge >= 0.3 is 0 Å². The van der Waals surface area contributed by atoms with Crippen molar-refractivity contribution in [3.8, 4) is 0 Å². The molecule has 0 bridgehead atoms. The molecule has 0 spiro atoms. The lowest BCUT2D eigenvalue weighted by molar-refractivity contribution is 0.0938. The van der Waals surface area contributed by atoms with Crippen LogP contribution in [0.3, 0.4) is 0 Å². The van der Waals surface area contributed by atoms with Crippen LogP contribution in [-0.2, 0) is 16.4 Å². The van der Waals surface area contributed by atoms with Crippen LogP contribution in [0.25, 0.3) is 0 Å². The Hall–Kier alpha value is -1.89. The van der Waals surface area contributed by atoms with Crippen LogP contribution in [0, 0.1) is 0 Å². The molecule has 1 amide bonds. The maximum atomic E-state index is 12.8. The first-order chi connectivity index (χ1) is 13.4. The average molecular weight is 421 g/mol. The molecule has 5 nitrogen and oxygen atoms in total. The number of halogens is 1. The van der Waals surface area contributed by atoms with E-state index < -0.39 is 10.0 Å². The highest BCUT2D eigenvalue weighted by Gasteiger charge is 2.29. The summed E-state index contributed by atoms with van der Waals surface area (Å²) in [6, 6.07) is 14.5. The molecule has 1 heterocycles. The van der Waals surface area contributed by atoms with E-state index in [9.17, 15) is 13.2 Å². The Labute approximate surface area is 171 Å². The van der Waals surface area contributed by atoms with Gasteiger partial charge in [0.05, 0.1) is 5.02 Å². The van der Waals surface area contributed by atoms with Gasteiger partial charge < -0.3 is 5.32 Å². The molecule has 0 unspecified atom stereocenters. The van der Waals surface area contributed by atoms with E-state index in [4.69, 9.17) is 11.6 Å². The van der Waals surface area contributed by atoms with Crippen LogP contribution in [-0.4, -0.2) is 37.8 Å². The zero-order chi connectivity index (χ0) is 20.1. The second-order valence-corrected chi connectivity index (χ2v) is 9.47. The third-order valence-electron chi connectivity index (χ3n) is 4.96. The maximum Gasteiger partial charge on any atom is 0.251 e. The van der Waals surface area contributed by atoms with E-state index in [2.05, 4.69) is 17.4 Å². The summed E-state index contributed by atoms with van der Waals surface area (Å²) in [7, 11) is -3.68. The Kier molecular flexibility index (Phi) is 6.75. The summed E-state index contributed by atoms with van der Waals surface area (Å²) in [5.41, 5.74) is 1.52. The van der Waals surface area contributed by atoms with E-state index in [1.807, 2.05) is 25.1 Å². The third kappa shape index (κ3) is 4.93. The zero-order valence-electron chi connectivity index (χ0n) is 15.9. The first kappa shape index (κ1) is 20.8. The normalized spacial score (nSPS) is 16.1. The fourth-order valence-electron chi connectivity index (χ4n) is 3.32. The van der Waals surface area contributed by atoms with E-state index in [1.54, 1.807) is 6.07 Å². The molecule has 0 radical (unpaired) electrons. The van der Waals surface area contributed by atoms with Crippen LogP contribution in [0.4, 0.5) is 0 Å². The van der Waals surface area contributed by atoms with Gasteiger partial charge in [-0.05, 0) is 56.4 Å².